The highest BCUT2D eigenvalue weighted by Gasteiger charge is 2.07. The summed E-state index contributed by atoms with van der Waals surface area (Å²) in [5.74, 6) is 1.68. The summed E-state index contributed by atoms with van der Waals surface area (Å²) in [6.07, 6.45) is 1.65. The Morgan fingerprint density at radius 3 is 2.35 bits per heavy atom. The van der Waals surface area contributed by atoms with Crippen LogP contribution in [0.2, 0.25) is 0 Å². The summed E-state index contributed by atoms with van der Waals surface area (Å²) >= 11 is 0. The molecule has 2 aromatic carbocycles. The van der Waals surface area contributed by atoms with E-state index in [0.717, 1.165) is 17.1 Å². The highest BCUT2D eigenvalue weighted by atomic mass is 16.5. The van der Waals surface area contributed by atoms with Crippen LogP contribution in [-0.4, -0.2) is 25.1 Å². The lowest BCUT2D eigenvalue weighted by Gasteiger charge is -2.11. The van der Waals surface area contributed by atoms with Gasteiger partial charge in [0, 0.05) is 5.56 Å². The van der Waals surface area contributed by atoms with E-state index in [0.29, 0.717) is 17.1 Å². The highest BCUT2D eigenvalue weighted by Crippen LogP contribution is 2.26. The maximum Gasteiger partial charge on any atom is 0.256 e. The first-order valence-electron chi connectivity index (χ1n) is 8.01. The summed E-state index contributed by atoms with van der Waals surface area (Å²) in [6, 6.07) is 18.1. The lowest BCUT2D eigenvalue weighted by molar-refractivity contribution is 0.102. The van der Waals surface area contributed by atoms with Gasteiger partial charge in [0.25, 0.3) is 5.91 Å². The number of hydrogen-bond acceptors (Lipinski definition) is 5. The molecule has 0 bridgehead atoms. The number of benzene rings is 2. The van der Waals surface area contributed by atoms with Crippen LogP contribution in [0, 0.1) is 0 Å². The van der Waals surface area contributed by atoms with Crippen molar-refractivity contribution in [1.82, 2.24) is 4.98 Å². The zero-order chi connectivity index (χ0) is 18.4. The standard InChI is InChI=1S/C20H19N3O3/c1-25-16-10-7-14(8-11-16)20(24)23-19-12-9-15(13-21-19)22-17-5-3-4-6-18(17)26-2/h3-13,22H,1-2H3,(H,21,23,24). The Bertz CT molecular complexity index is 878. The van der Waals surface area contributed by atoms with E-state index >= 15 is 0 Å². The fraction of sp³-hybridized carbons (Fsp3) is 0.100. The maximum absolute atomic E-state index is 12.2. The molecule has 0 unspecified atom stereocenters. The summed E-state index contributed by atoms with van der Waals surface area (Å²) in [4.78, 5) is 16.5. The van der Waals surface area contributed by atoms with Crippen molar-refractivity contribution in [1.29, 1.82) is 0 Å². The van der Waals surface area contributed by atoms with Gasteiger partial charge in [0.05, 0.1) is 31.8 Å². The first kappa shape index (κ1) is 17.3. The normalized spacial score (nSPS) is 10.1. The Morgan fingerprint density at radius 2 is 1.69 bits per heavy atom. The Balaban J connectivity index is 1.66. The third-order valence-corrected chi connectivity index (χ3v) is 3.74. The largest absolute Gasteiger partial charge is 0.497 e. The Hall–Kier alpha value is -3.54. The molecule has 0 fully saturated rings. The molecule has 1 amide bonds. The van der Waals surface area contributed by atoms with Crippen molar-refractivity contribution in [3.63, 3.8) is 0 Å². The number of aromatic nitrogens is 1. The molecule has 0 aliphatic rings. The SMILES string of the molecule is COc1ccc(C(=O)Nc2ccc(Nc3ccccc3OC)cn2)cc1. The van der Waals surface area contributed by atoms with Gasteiger partial charge in [0.1, 0.15) is 17.3 Å². The number of ether oxygens (including phenoxy) is 2. The summed E-state index contributed by atoms with van der Waals surface area (Å²) in [5.41, 5.74) is 2.16. The van der Waals surface area contributed by atoms with Crippen LogP contribution in [0.25, 0.3) is 0 Å². The third kappa shape index (κ3) is 4.10. The summed E-state index contributed by atoms with van der Waals surface area (Å²) in [5, 5.41) is 6.00. The predicted molar refractivity (Wildman–Crippen MR) is 101 cm³/mol. The number of para-hydroxylation sites is 2. The molecule has 26 heavy (non-hydrogen) atoms. The molecule has 0 radical (unpaired) electrons. The molecule has 0 saturated heterocycles. The lowest BCUT2D eigenvalue weighted by Crippen LogP contribution is -2.12. The van der Waals surface area contributed by atoms with Gasteiger partial charge in [-0.05, 0) is 48.5 Å². The molecular formula is C20H19N3O3. The topological polar surface area (TPSA) is 72.5 Å². The van der Waals surface area contributed by atoms with E-state index < -0.39 is 0 Å². The average Bonchev–Trinajstić information content (AvgIpc) is 2.70. The smallest absolute Gasteiger partial charge is 0.256 e. The number of amides is 1. The fourth-order valence-corrected chi connectivity index (χ4v) is 2.38. The number of pyridine rings is 1. The monoisotopic (exact) mass is 349 g/mol. The van der Waals surface area contributed by atoms with Gasteiger partial charge in [-0.2, -0.15) is 0 Å². The molecule has 3 rings (SSSR count). The number of rotatable bonds is 6. The fourth-order valence-electron chi connectivity index (χ4n) is 2.38. The quantitative estimate of drug-likeness (QED) is 0.701. The minimum Gasteiger partial charge on any atom is -0.497 e. The first-order valence-corrected chi connectivity index (χ1v) is 8.01. The summed E-state index contributed by atoms with van der Waals surface area (Å²) < 4.78 is 10.4. The van der Waals surface area contributed by atoms with Crippen LogP contribution >= 0.6 is 0 Å². The number of carbonyl (C=O) groups is 1. The van der Waals surface area contributed by atoms with Crippen LogP contribution in [0.1, 0.15) is 10.4 Å². The first-order chi connectivity index (χ1) is 12.7. The molecule has 132 valence electrons. The van der Waals surface area contributed by atoms with E-state index in [1.165, 1.54) is 0 Å². The van der Waals surface area contributed by atoms with Crippen molar-refractivity contribution in [2.45, 2.75) is 0 Å². The number of carbonyl (C=O) groups excluding carboxylic acids is 1. The predicted octanol–water partition coefficient (Wildman–Crippen LogP) is 4.09. The van der Waals surface area contributed by atoms with E-state index in [2.05, 4.69) is 15.6 Å². The molecule has 0 aliphatic carbocycles. The van der Waals surface area contributed by atoms with Crippen molar-refractivity contribution < 1.29 is 14.3 Å². The minimum absolute atomic E-state index is 0.231. The molecule has 0 atom stereocenters. The van der Waals surface area contributed by atoms with E-state index in [1.54, 1.807) is 50.7 Å². The van der Waals surface area contributed by atoms with Crippen LogP contribution in [0.5, 0.6) is 11.5 Å². The van der Waals surface area contributed by atoms with Gasteiger partial charge in [-0.15, -0.1) is 0 Å². The number of nitrogens with one attached hydrogen (secondary N) is 2. The van der Waals surface area contributed by atoms with Gasteiger partial charge < -0.3 is 20.1 Å². The van der Waals surface area contributed by atoms with Gasteiger partial charge in [-0.25, -0.2) is 4.98 Å². The number of nitrogens with zero attached hydrogens (tertiary/aromatic N) is 1. The second-order valence-electron chi connectivity index (χ2n) is 5.44. The van der Waals surface area contributed by atoms with Crippen LogP contribution in [-0.2, 0) is 0 Å². The van der Waals surface area contributed by atoms with Crippen molar-refractivity contribution in [2.75, 3.05) is 24.9 Å². The summed E-state index contributed by atoms with van der Waals surface area (Å²) in [7, 11) is 3.20. The van der Waals surface area contributed by atoms with Gasteiger partial charge in [-0.1, -0.05) is 12.1 Å². The second-order valence-corrected chi connectivity index (χ2v) is 5.44. The highest BCUT2D eigenvalue weighted by molar-refractivity contribution is 6.03. The molecule has 0 saturated carbocycles. The average molecular weight is 349 g/mol. The molecule has 3 aromatic rings. The van der Waals surface area contributed by atoms with E-state index in [1.807, 2.05) is 30.3 Å². The van der Waals surface area contributed by atoms with Gasteiger partial charge >= 0.3 is 0 Å². The lowest BCUT2D eigenvalue weighted by atomic mass is 10.2. The van der Waals surface area contributed by atoms with Gasteiger partial charge in [0.15, 0.2) is 0 Å². The third-order valence-electron chi connectivity index (χ3n) is 3.74. The van der Waals surface area contributed by atoms with E-state index in [4.69, 9.17) is 9.47 Å². The van der Waals surface area contributed by atoms with Crippen LogP contribution in [0.4, 0.5) is 17.2 Å². The molecule has 1 aromatic heterocycles. The molecule has 0 spiro atoms. The van der Waals surface area contributed by atoms with Gasteiger partial charge in [-0.3, -0.25) is 4.79 Å². The van der Waals surface area contributed by atoms with Crippen molar-refractivity contribution in [3.05, 3.63) is 72.4 Å². The minimum atomic E-state index is -0.231. The molecule has 0 aliphatic heterocycles. The zero-order valence-corrected chi connectivity index (χ0v) is 14.5. The Kier molecular flexibility index (Phi) is 5.34. The van der Waals surface area contributed by atoms with Crippen molar-refractivity contribution >= 4 is 23.1 Å². The zero-order valence-electron chi connectivity index (χ0n) is 14.5. The molecular weight excluding hydrogens is 330 g/mol. The molecule has 6 heteroatoms. The Labute approximate surface area is 151 Å². The number of hydrogen-bond donors (Lipinski definition) is 2. The summed E-state index contributed by atoms with van der Waals surface area (Å²) in [6.45, 7) is 0. The van der Waals surface area contributed by atoms with Crippen LogP contribution < -0.4 is 20.1 Å². The maximum atomic E-state index is 12.2. The van der Waals surface area contributed by atoms with Crippen molar-refractivity contribution in [3.8, 4) is 11.5 Å². The molecule has 1 heterocycles. The Morgan fingerprint density at radius 1 is 0.923 bits per heavy atom. The van der Waals surface area contributed by atoms with E-state index in [9.17, 15) is 4.79 Å². The molecule has 6 nitrogen and oxygen atoms in total. The number of methoxy groups -OCH3 is 2. The van der Waals surface area contributed by atoms with Crippen LogP contribution in [0.3, 0.4) is 0 Å². The molecule has 2 N–H and O–H groups in total. The van der Waals surface area contributed by atoms with Crippen molar-refractivity contribution in [2.24, 2.45) is 0 Å². The van der Waals surface area contributed by atoms with Gasteiger partial charge in [0.2, 0.25) is 0 Å². The second kappa shape index (κ2) is 8.02. The number of anilines is 3. The van der Waals surface area contributed by atoms with Crippen LogP contribution in [0.15, 0.2) is 66.9 Å². The van der Waals surface area contributed by atoms with E-state index in [-0.39, 0.29) is 5.91 Å².